The van der Waals surface area contributed by atoms with E-state index < -0.39 is 6.29 Å². The Morgan fingerprint density at radius 2 is 1.82 bits per heavy atom. The molecule has 1 aliphatic heterocycles. The summed E-state index contributed by atoms with van der Waals surface area (Å²) in [6.45, 7) is 5.05. The number of pyridine rings is 1. The van der Waals surface area contributed by atoms with E-state index in [0.717, 1.165) is 23.1 Å². The summed E-state index contributed by atoms with van der Waals surface area (Å²) in [5, 5.41) is 3.98. The third-order valence-electron chi connectivity index (χ3n) is 6.52. The van der Waals surface area contributed by atoms with E-state index in [2.05, 4.69) is 14.8 Å². The summed E-state index contributed by atoms with van der Waals surface area (Å²) in [6, 6.07) is 19.1. The lowest BCUT2D eigenvalue weighted by atomic mass is 9.98. The van der Waals surface area contributed by atoms with Gasteiger partial charge in [0.05, 0.1) is 17.3 Å². The van der Waals surface area contributed by atoms with Gasteiger partial charge in [-0.3, -0.25) is 4.79 Å². The second kappa shape index (κ2) is 10.5. The topological polar surface area (TPSA) is 72.9 Å². The van der Waals surface area contributed by atoms with Crippen molar-refractivity contribution < 1.29 is 27.8 Å². The van der Waals surface area contributed by atoms with Crippen molar-refractivity contribution in [3.63, 3.8) is 0 Å². The van der Waals surface area contributed by atoms with Gasteiger partial charge >= 0.3 is 6.29 Å². The van der Waals surface area contributed by atoms with Gasteiger partial charge in [-0.15, -0.1) is 8.78 Å². The van der Waals surface area contributed by atoms with E-state index in [-0.39, 0.29) is 23.4 Å². The number of carbonyl (C=O) groups is 1. The molecule has 1 amide bonds. The van der Waals surface area contributed by atoms with Crippen molar-refractivity contribution >= 4 is 16.8 Å². The van der Waals surface area contributed by atoms with Crippen molar-refractivity contribution in [1.29, 1.82) is 0 Å². The van der Waals surface area contributed by atoms with Crippen molar-refractivity contribution in [2.24, 2.45) is 0 Å². The van der Waals surface area contributed by atoms with Gasteiger partial charge in [0.1, 0.15) is 12.4 Å². The predicted octanol–water partition coefficient (Wildman–Crippen LogP) is 5.96. The fraction of sp³-hybridized carbons (Fsp3) is 0.267. The van der Waals surface area contributed by atoms with Crippen LogP contribution in [-0.2, 0) is 0 Å². The molecule has 0 spiro atoms. The minimum Gasteiger partial charge on any atom is -0.492 e. The van der Waals surface area contributed by atoms with Crippen molar-refractivity contribution in [3.8, 4) is 28.5 Å². The highest BCUT2D eigenvalue weighted by Crippen LogP contribution is 2.43. The molecule has 0 radical (unpaired) electrons. The lowest BCUT2D eigenvalue weighted by Gasteiger charge is -2.19. The number of alkyl halides is 2. The van der Waals surface area contributed by atoms with Crippen LogP contribution in [0.4, 0.5) is 8.78 Å². The lowest BCUT2D eigenvalue weighted by Crippen LogP contribution is -2.27. The van der Waals surface area contributed by atoms with Gasteiger partial charge in [0.2, 0.25) is 0 Å². The van der Waals surface area contributed by atoms with Crippen LogP contribution >= 0.6 is 0 Å². The highest BCUT2D eigenvalue weighted by atomic mass is 19.3. The Morgan fingerprint density at radius 3 is 2.62 bits per heavy atom. The van der Waals surface area contributed by atoms with Gasteiger partial charge in [0.15, 0.2) is 11.5 Å². The van der Waals surface area contributed by atoms with Gasteiger partial charge in [-0.25, -0.2) is 4.98 Å². The van der Waals surface area contributed by atoms with Gasteiger partial charge in [-0.1, -0.05) is 24.3 Å². The van der Waals surface area contributed by atoms with Gasteiger partial charge in [0, 0.05) is 23.1 Å². The highest BCUT2D eigenvalue weighted by Gasteiger charge is 2.43. The van der Waals surface area contributed by atoms with E-state index in [4.69, 9.17) is 9.72 Å². The summed E-state index contributed by atoms with van der Waals surface area (Å²) >= 11 is 0. The van der Waals surface area contributed by atoms with E-state index in [0.29, 0.717) is 34.7 Å². The molecule has 1 aromatic heterocycles. The van der Waals surface area contributed by atoms with Crippen LogP contribution in [0, 0.1) is 6.92 Å². The Morgan fingerprint density at radius 1 is 1.05 bits per heavy atom. The number of ether oxygens (including phenoxy) is 3. The zero-order chi connectivity index (χ0) is 27.7. The second-order valence-corrected chi connectivity index (χ2v) is 9.77. The zero-order valence-electron chi connectivity index (χ0n) is 22.1. The number of nitrogens with zero attached hydrogens (tertiary/aromatic N) is 2. The Balaban J connectivity index is 1.43. The van der Waals surface area contributed by atoms with E-state index >= 15 is 0 Å². The van der Waals surface area contributed by atoms with Gasteiger partial charge < -0.3 is 24.4 Å². The monoisotopic (exact) mass is 533 g/mol. The largest absolute Gasteiger partial charge is 0.586 e. The maximum absolute atomic E-state index is 13.5. The average Bonchev–Trinajstić information content (AvgIpc) is 3.21. The predicted molar refractivity (Wildman–Crippen MR) is 144 cm³/mol. The van der Waals surface area contributed by atoms with Crippen LogP contribution < -0.4 is 19.5 Å². The molecule has 1 atom stereocenters. The summed E-state index contributed by atoms with van der Waals surface area (Å²) in [7, 11) is 3.94. The van der Waals surface area contributed by atoms with E-state index in [1.807, 2.05) is 75.3 Å². The number of likely N-dealkylation sites (N-methyl/N-ethyl adjacent to an activating group) is 1. The third-order valence-corrected chi connectivity index (χ3v) is 6.52. The Hall–Kier alpha value is -4.24. The first-order valence-electron chi connectivity index (χ1n) is 12.6. The molecular weight excluding hydrogens is 504 g/mol. The fourth-order valence-corrected chi connectivity index (χ4v) is 4.45. The number of aryl methyl sites for hydroxylation is 1. The SMILES string of the molecule is Cc1ccc(OCCN(C)C)cc1C(=O)NC(C)c1cc(-c2ccc3c(c2)OC(F)(F)O3)nc2ccccc12. The van der Waals surface area contributed by atoms with Crippen molar-refractivity contribution in [3.05, 3.63) is 83.4 Å². The van der Waals surface area contributed by atoms with Crippen LogP contribution in [0.2, 0.25) is 0 Å². The zero-order valence-corrected chi connectivity index (χ0v) is 22.1. The minimum absolute atomic E-state index is 0.0336. The molecule has 39 heavy (non-hydrogen) atoms. The van der Waals surface area contributed by atoms with Crippen LogP contribution in [0.1, 0.15) is 34.5 Å². The molecular formula is C30H29F2N3O4. The molecule has 0 bridgehead atoms. The molecule has 1 unspecified atom stereocenters. The summed E-state index contributed by atoms with van der Waals surface area (Å²) in [5.41, 5.74) is 4.04. The van der Waals surface area contributed by atoms with Crippen LogP contribution in [0.15, 0.2) is 66.7 Å². The molecule has 4 aromatic rings. The Labute approximate surface area is 225 Å². The number of rotatable bonds is 8. The highest BCUT2D eigenvalue weighted by molar-refractivity contribution is 5.97. The molecule has 3 aromatic carbocycles. The first-order chi connectivity index (χ1) is 18.6. The Bertz CT molecular complexity index is 1540. The first-order valence-corrected chi connectivity index (χ1v) is 12.6. The quantitative estimate of drug-likeness (QED) is 0.301. The maximum atomic E-state index is 13.5. The van der Waals surface area contributed by atoms with E-state index in [9.17, 15) is 13.6 Å². The fourth-order valence-electron chi connectivity index (χ4n) is 4.45. The number of hydrogen-bond acceptors (Lipinski definition) is 6. The molecule has 202 valence electrons. The van der Waals surface area contributed by atoms with Crippen molar-refractivity contribution in [2.75, 3.05) is 27.2 Å². The smallest absolute Gasteiger partial charge is 0.492 e. The van der Waals surface area contributed by atoms with E-state index in [1.54, 1.807) is 12.1 Å². The number of nitrogens with one attached hydrogen (secondary N) is 1. The Kier molecular flexibility index (Phi) is 7.10. The lowest BCUT2D eigenvalue weighted by molar-refractivity contribution is -0.286. The number of para-hydroxylation sites is 1. The molecule has 2 heterocycles. The molecule has 5 rings (SSSR count). The molecule has 0 aliphatic carbocycles. The normalized spacial score (nSPS) is 14.4. The van der Waals surface area contributed by atoms with Gasteiger partial charge in [-0.05, 0) is 81.5 Å². The molecule has 0 fully saturated rings. The number of fused-ring (bicyclic) bond motifs is 2. The van der Waals surface area contributed by atoms with Gasteiger partial charge in [0.25, 0.3) is 5.91 Å². The maximum Gasteiger partial charge on any atom is 0.586 e. The van der Waals surface area contributed by atoms with Crippen molar-refractivity contribution in [1.82, 2.24) is 15.2 Å². The molecule has 1 aliphatic rings. The first kappa shape index (κ1) is 26.4. The summed E-state index contributed by atoms with van der Waals surface area (Å²) in [4.78, 5) is 20.1. The van der Waals surface area contributed by atoms with Crippen molar-refractivity contribution in [2.45, 2.75) is 26.2 Å². The number of amides is 1. The van der Waals surface area contributed by atoms with Gasteiger partial charge in [-0.2, -0.15) is 0 Å². The number of hydrogen-bond donors (Lipinski definition) is 1. The number of benzene rings is 3. The number of aromatic nitrogens is 1. The second-order valence-electron chi connectivity index (χ2n) is 9.77. The van der Waals surface area contributed by atoms with Crippen LogP contribution in [0.3, 0.4) is 0 Å². The van der Waals surface area contributed by atoms with Crippen LogP contribution in [0.5, 0.6) is 17.2 Å². The summed E-state index contributed by atoms with van der Waals surface area (Å²) < 4.78 is 42.1. The molecule has 1 N–H and O–H groups in total. The van der Waals surface area contributed by atoms with Crippen LogP contribution in [-0.4, -0.2) is 49.3 Å². The molecule has 7 nitrogen and oxygen atoms in total. The summed E-state index contributed by atoms with van der Waals surface area (Å²) in [6.07, 6.45) is -3.70. The average molecular weight is 534 g/mol. The third kappa shape index (κ3) is 5.78. The molecule has 9 heteroatoms. The molecule has 0 saturated carbocycles. The minimum atomic E-state index is -3.70. The van der Waals surface area contributed by atoms with Crippen LogP contribution in [0.25, 0.3) is 22.2 Å². The summed E-state index contributed by atoms with van der Waals surface area (Å²) in [5.74, 6) is 0.309. The number of carbonyl (C=O) groups excluding carboxylic acids is 1. The number of halogens is 2. The standard InChI is InChI=1S/C30H29F2N3O4/c1-18-9-11-21(37-14-13-35(3)4)16-23(18)29(36)33-19(2)24-17-26(34-25-8-6-5-7-22(24)25)20-10-12-27-28(15-20)39-30(31,32)38-27/h5-12,15-17,19H,13-14H2,1-4H3,(H,33,36). The van der Waals surface area contributed by atoms with E-state index in [1.165, 1.54) is 12.1 Å². The molecule has 0 saturated heterocycles.